The van der Waals surface area contributed by atoms with E-state index in [4.69, 9.17) is 15.3 Å². The maximum absolute atomic E-state index is 11.0. The van der Waals surface area contributed by atoms with Crippen molar-refractivity contribution in [3.05, 3.63) is 0 Å². The third-order valence-electron chi connectivity index (χ3n) is 1.67. The van der Waals surface area contributed by atoms with Gasteiger partial charge < -0.3 is 24.8 Å². The summed E-state index contributed by atoms with van der Waals surface area (Å²) in [4.78, 5) is 21.9. The van der Waals surface area contributed by atoms with Crippen LogP contribution in [0.3, 0.4) is 0 Å². The number of aliphatic hydroxyl groups excluding tert-OH is 1. The van der Waals surface area contributed by atoms with Crippen LogP contribution < -0.4 is 0 Å². The van der Waals surface area contributed by atoms with Crippen LogP contribution in [0.25, 0.3) is 0 Å². The topological polar surface area (TPSA) is 113 Å². The van der Waals surface area contributed by atoms with Crippen LogP contribution in [0.2, 0.25) is 0 Å². The first-order valence-electron chi connectivity index (χ1n) is 5.28. The fraction of sp³-hybridized carbons (Fsp3) is 0.800. The molecular weight excluding hydrogens is 232 g/mol. The summed E-state index contributed by atoms with van der Waals surface area (Å²) in [5.41, 5.74) is 0. The Bertz CT molecular complexity index is 244. The first-order chi connectivity index (χ1) is 7.85. The minimum absolute atomic E-state index is 0.00993. The summed E-state index contributed by atoms with van der Waals surface area (Å²) < 4.78 is 8.83. The van der Waals surface area contributed by atoms with Crippen LogP contribution in [-0.2, 0) is 19.1 Å². The molecule has 0 heterocycles. The lowest BCUT2D eigenvalue weighted by Crippen LogP contribution is -2.30. The van der Waals surface area contributed by atoms with Crippen LogP contribution in [0.1, 0.15) is 32.6 Å². The van der Waals surface area contributed by atoms with Gasteiger partial charge in [-0.3, -0.25) is 9.59 Å². The normalized spacial score (nSPS) is 11.1. The summed E-state index contributed by atoms with van der Waals surface area (Å²) in [7, 11) is 0. The molecule has 7 nitrogen and oxygen atoms in total. The van der Waals surface area contributed by atoms with Crippen LogP contribution in [0.4, 0.5) is 0 Å². The molecule has 0 aliphatic carbocycles. The average molecular weight is 250 g/mol. The van der Waals surface area contributed by atoms with E-state index in [-0.39, 0.29) is 26.1 Å². The summed E-state index contributed by atoms with van der Waals surface area (Å²) in [5, 5.41) is 25.9. The van der Waals surface area contributed by atoms with Crippen LogP contribution in [0.15, 0.2) is 0 Å². The van der Waals surface area contributed by atoms with E-state index in [0.717, 1.165) is 6.92 Å². The minimum Gasteiger partial charge on any atom is -0.463 e. The van der Waals surface area contributed by atoms with Gasteiger partial charge in [-0.2, -0.15) is 0 Å². The Morgan fingerprint density at radius 3 is 2.12 bits per heavy atom. The first-order valence-corrected chi connectivity index (χ1v) is 5.28. The monoisotopic (exact) mass is 250 g/mol. The van der Waals surface area contributed by atoms with Gasteiger partial charge in [0.2, 0.25) is 0 Å². The van der Waals surface area contributed by atoms with Crippen molar-refractivity contribution >= 4 is 11.9 Å². The van der Waals surface area contributed by atoms with E-state index in [1.165, 1.54) is 0 Å². The van der Waals surface area contributed by atoms with E-state index in [0.29, 0.717) is 12.8 Å². The van der Waals surface area contributed by atoms with Crippen molar-refractivity contribution in [2.45, 2.75) is 38.6 Å². The van der Waals surface area contributed by atoms with Crippen molar-refractivity contribution < 1.29 is 34.4 Å². The number of aliphatic hydroxyl groups is 3. The number of hydrogen-bond donors (Lipinski definition) is 3. The number of esters is 2. The van der Waals surface area contributed by atoms with Crippen molar-refractivity contribution in [3.63, 3.8) is 0 Å². The van der Waals surface area contributed by atoms with Crippen molar-refractivity contribution in [2.24, 2.45) is 0 Å². The molecule has 3 N–H and O–H groups in total. The lowest BCUT2D eigenvalue weighted by Gasteiger charge is -2.15. The standard InChI is InChI=1S/C10H18O7/c1-10(14,15)17-9(13)5-3-2-4-8(12)16-7-6-11/h11,14-15H,2-7H2,1H3. The lowest BCUT2D eigenvalue weighted by atomic mass is 10.2. The maximum Gasteiger partial charge on any atom is 0.321 e. The first kappa shape index (κ1) is 15.8. The van der Waals surface area contributed by atoms with Gasteiger partial charge >= 0.3 is 17.9 Å². The molecular formula is C10H18O7. The quantitative estimate of drug-likeness (QED) is 0.296. The fourth-order valence-electron chi connectivity index (χ4n) is 1.04. The van der Waals surface area contributed by atoms with Crippen LogP contribution in [-0.4, -0.2) is 46.4 Å². The maximum atomic E-state index is 11.0. The largest absolute Gasteiger partial charge is 0.463 e. The van der Waals surface area contributed by atoms with Crippen molar-refractivity contribution in [1.29, 1.82) is 0 Å². The molecule has 100 valence electrons. The Labute approximate surface area is 99.0 Å². The summed E-state index contributed by atoms with van der Waals surface area (Å²) in [6.07, 6.45) is 0.933. The molecule has 0 rings (SSSR count). The molecule has 0 unspecified atom stereocenters. The van der Waals surface area contributed by atoms with Gasteiger partial charge in [-0.05, 0) is 12.8 Å². The van der Waals surface area contributed by atoms with Gasteiger partial charge in [0.15, 0.2) is 0 Å². The molecule has 0 saturated carbocycles. The second-order valence-corrected chi connectivity index (χ2v) is 3.56. The van der Waals surface area contributed by atoms with E-state index >= 15 is 0 Å². The third-order valence-corrected chi connectivity index (χ3v) is 1.67. The second kappa shape index (κ2) is 7.99. The van der Waals surface area contributed by atoms with Gasteiger partial charge in [-0.1, -0.05) is 0 Å². The average Bonchev–Trinajstić information content (AvgIpc) is 2.19. The number of ether oxygens (including phenoxy) is 2. The van der Waals surface area contributed by atoms with Gasteiger partial charge in [0.1, 0.15) is 6.61 Å². The number of rotatable bonds is 8. The minimum atomic E-state index is -2.46. The van der Waals surface area contributed by atoms with Crippen LogP contribution in [0.5, 0.6) is 0 Å². The van der Waals surface area contributed by atoms with Gasteiger partial charge in [-0.15, -0.1) is 0 Å². The molecule has 0 radical (unpaired) electrons. The van der Waals surface area contributed by atoms with Gasteiger partial charge in [0, 0.05) is 19.8 Å². The molecule has 0 amide bonds. The Kier molecular flexibility index (Phi) is 7.44. The Hall–Kier alpha value is -1.18. The molecule has 0 aromatic rings. The van der Waals surface area contributed by atoms with Gasteiger partial charge in [0.25, 0.3) is 0 Å². The molecule has 0 atom stereocenters. The summed E-state index contributed by atoms with van der Waals surface area (Å²) in [6.45, 7) is 0.676. The van der Waals surface area contributed by atoms with Gasteiger partial charge in [0.05, 0.1) is 6.61 Å². The summed E-state index contributed by atoms with van der Waals surface area (Å²) in [6, 6.07) is 0. The number of carbonyl (C=O) groups is 2. The summed E-state index contributed by atoms with van der Waals surface area (Å²) in [5.74, 6) is -3.65. The molecule has 7 heteroatoms. The molecule has 17 heavy (non-hydrogen) atoms. The van der Waals surface area contributed by atoms with E-state index in [2.05, 4.69) is 9.47 Å². The zero-order valence-corrected chi connectivity index (χ0v) is 9.72. The molecule has 0 aliphatic heterocycles. The highest BCUT2D eigenvalue weighted by atomic mass is 16.8. The zero-order chi connectivity index (χ0) is 13.3. The molecule has 0 aromatic heterocycles. The lowest BCUT2D eigenvalue weighted by molar-refractivity contribution is -0.307. The third kappa shape index (κ3) is 11.1. The molecule has 0 saturated heterocycles. The van der Waals surface area contributed by atoms with Crippen LogP contribution >= 0.6 is 0 Å². The van der Waals surface area contributed by atoms with Crippen molar-refractivity contribution in [1.82, 2.24) is 0 Å². The predicted molar refractivity (Wildman–Crippen MR) is 55.4 cm³/mol. The SMILES string of the molecule is CC(O)(O)OC(=O)CCCCC(=O)OCCO. The Morgan fingerprint density at radius 1 is 1.12 bits per heavy atom. The zero-order valence-electron chi connectivity index (χ0n) is 9.72. The molecule has 0 fully saturated rings. The predicted octanol–water partition coefficient (Wildman–Crippen LogP) is -0.716. The summed E-state index contributed by atoms with van der Waals surface area (Å²) >= 11 is 0. The Balaban J connectivity index is 3.51. The smallest absolute Gasteiger partial charge is 0.321 e. The molecule has 0 aromatic carbocycles. The highest BCUT2D eigenvalue weighted by molar-refractivity contribution is 5.70. The van der Waals surface area contributed by atoms with Gasteiger partial charge in [-0.25, -0.2) is 0 Å². The van der Waals surface area contributed by atoms with Crippen LogP contribution in [0, 0.1) is 0 Å². The van der Waals surface area contributed by atoms with E-state index in [9.17, 15) is 9.59 Å². The van der Waals surface area contributed by atoms with Crippen molar-refractivity contribution in [3.8, 4) is 0 Å². The fourth-order valence-corrected chi connectivity index (χ4v) is 1.04. The van der Waals surface area contributed by atoms with Crippen molar-refractivity contribution in [2.75, 3.05) is 13.2 Å². The number of carbonyl (C=O) groups excluding carboxylic acids is 2. The highest BCUT2D eigenvalue weighted by Gasteiger charge is 2.20. The highest BCUT2D eigenvalue weighted by Crippen LogP contribution is 2.06. The number of hydrogen-bond acceptors (Lipinski definition) is 7. The molecule has 0 spiro atoms. The molecule has 0 bridgehead atoms. The number of unbranched alkanes of at least 4 members (excludes halogenated alkanes) is 1. The van der Waals surface area contributed by atoms with E-state index in [1.807, 2.05) is 0 Å². The Morgan fingerprint density at radius 2 is 1.65 bits per heavy atom. The second-order valence-electron chi connectivity index (χ2n) is 3.56. The van der Waals surface area contributed by atoms with E-state index < -0.39 is 17.9 Å². The van der Waals surface area contributed by atoms with E-state index in [1.54, 1.807) is 0 Å². The molecule has 0 aliphatic rings.